The first-order valence-electron chi connectivity index (χ1n) is 2.68. The first kappa shape index (κ1) is 7.50. The van der Waals surface area contributed by atoms with Gasteiger partial charge in [0.2, 0.25) is 0 Å². The molecule has 8 heavy (non-hydrogen) atoms. The van der Waals surface area contributed by atoms with Crippen molar-refractivity contribution in [2.24, 2.45) is 0 Å². The van der Waals surface area contributed by atoms with E-state index in [1.54, 1.807) is 12.9 Å². The largest absolute Gasteiger partial charge is 0.447 e. The fraction of sp³-hybridized carbons (Fsp3) is 0.333. The van der Waals surface area contributed by atoms with Gasteiger partial charge in [0.05, 0.1) is 0 Å². The van der Waals surface area contributed by atoms with Crippen LogP contribution in [0.3, 0.4) is 0 Å². The SMILES string of the molecule is C=C(C=CC)B(C)O. The van der Waals surface area contributed by atoms with Crippen molar-refractivity contribution in [3.05, 3.63) is 24.2 Å². The maximum absolute atomic E-state index is 8.80. The topological polar surface area (TPSA) is 20.2 Å². The Labute approximate surface area is 50.8 Å². The molecule has 0 amide bonds. The first-order chi connectivity index (χ1) is 3.68. The Bertz CT molecular complexity index is 105. The van der Waals surface area contributed by atoms with Crippen LogP contribution in [0.5, 0.6) is 0 Å². The standard InChI is InChI=1S/C6H11BO/c1-4-5-6(2)7(3)8/h4-5,8H,2H2,1,3H3. The summed E-state index contributed by atoms with van der Waals surface area (Å²) in [5.41, 5.74) is 0.757. The second-order valence-corrected chi connectivity index (χ2v) is 1.75. The van der Waals surface area contributed by atoms with Crippen molar-refractivity contribution < 1.29 is 5.02 Å². The van der Waals surface area contributed by atoms with Gasteiger partial charge in [-0.15, -0.1) is 6.58 Å². The normalized spacial score (nSPS) is 9.88. The molecule has 0 aromatic rings. The third kappa shape index (κ3) is 2.64. The lowest BCUT2D eigenvalue weighted by molar-refractivity contribution is 0.590. The minimum atomic E-state index is -0.411. The van der Waals surface area contributed by atoms with Crippen LogP contribution >= 0.6 is 0 Å². The maximum atomic E-state index is 8.80. The minimum absolute atomic E-state index is 0.411. The summed E-state index contributed by atoms with van der Waals surface area (Å²) in [6, 6.07) is 0. The molecule has 0 fully saturated rings. The van der Waals surface area contributed by atoms with Gasteiger partial charge in [0, 0.05) is 0 Å². The predicted octanol–water partition coefficient (Wildman–Crippen LogP) is 1.27. The Balaban J connectivity index is 3.66. The number of allylic oxidation sites excluding steroid dienone is 3. The average Bonchev–Trinajstić information content (AvgIpc) is 1.67. The van der Waals surface area contributed by atoms with Crippen molar-refractivity contribution in [3.63, 3.8) is 0 Å². The molecular weight excluding hydrogens is 98.9 g/mol. The Kier molecular flexibility index (Phi) is 3.28. The summed E-state index contributed by atoms with van der Waals surface area (Å²) in [7, 11) is 0. The molecule has 0 aliphatic carbocycles. The number of rotatable bonds is 2. The Morgan fingerprint density at radius 2 is 2.25 bits per heavy atom. The van der Waals surface area contributed by atoms with E-state index in [4.69, 9.17) is 5.02 Å². The lowest BCUT2D eigenvalue weighted by Gasteiger charge is -1.94. The minimum Gasteiger partial charge on any atom is -0.447 e. The molecular formula is C6H11BO. The van der Waals surface area contributed by atoms with Crippen LogP contribution in [0.15, 0.2) is 24.2 Å². The fourth-order valence-corrected chi connectivity index (χ4v) is 0.353. The predicted molar refractivity (Wildman–Crippen MR) is 37.8 cm³/mol. The van der Waals surface area contributed by atoms with E-state index in [1.165, 1.54) is 0 Å². The van der Waals surface area contributed by atoms with Crippen LogP contribution < -0.4 is 0 Å². The van der Waals surface area contributed by atoms with E-state index >= 15 is 0 Å². The van der Waals surface area contributed by atoms with Crippen molar-refractivity contribution in [1.82, 2.24) is 0 Å². The summed E-state index contributed by atoms with van der Waals surface area (Å²) in [6.07, 6.45) is 3.65. The van der Waals surface area contributed by atoms with Crippen molar-refractivity contribution in [2.75, 3.05) is 0 Å². The van der Waals surface area contributed by atoms with E-state index in [0.29, 0.717) is 0 Å². The Morgan fingerprint density at radius 3 is 2.38 bits per heavy atom. The molecule has 2 heteroatoms. The van der Waals surface area contributed by atoms with Gasteiger partial charge in [-0.2, -0.15) is 0 Å². The highest BCUT2D eigenvalue weighted by Crippen LogP contribution is 1.94. The van der Waals surface area contributed by atoms with Crippen LogP contribution in [0, 0.1) is 0 Å². The van der Waals surface area contributed by atoms with Gasteiger partial charge >= 0.3 is 6.92 Å². The van der Waals surface area contributed by atoms with E-state index in [0.717, 1.165) is 5.47 Å². The van der Waals surface area contributed by atoms with E-state index in [1.807, 2.05) is 13.0 Å². The van der Waals surface area contributed by atoms with Crippen molar-refractivity contribution in [2.45, 2.75) is 13.7 Å². The highest BCUT2D eigenvalue weighted by Gasteiger charge is 2.01. The molecule has 0 radical (unpaired) electrons. The number of hydrogen-bond acceptors (Lipinski definition) is 1. The molecule has 0 aliphatic heterocycles. The second kappa shape index (κ2) is 3.50. The van der Waals surface area contributed by atoms with Crippen LogP contribution in [0.4, 0.5) is 0 Å². The molecule has 0 saturated carbocycles. The quantitative estimate of drug-likeness (QED) is 0.419. The summed E-state index contributed by atoms with van der Waals surface area (Å²) >= 11 is 0. The van der Waals surface area contributed by atoms with Crippen molar-refractivity contribution >= 4 is 6.92 Å². The molecule has 0 bridgehead atoms. The zero-order valence-corrected chi connectivity index (χ0v) is 5.39. The van der Waals surface area contributed by atoms with Gasteiger partial charge in [-0.25, -0.2) is 0 Å². The molecule has 0 unspecified atom stereocenters. The summed E-state index contributed by atoms with van der Waals surface area (Å²) in [5.74, 6) is 0. The monoisotopic (exact) mass is 110 g/mol. The Hall–Kier alpha value is -0.495. The molecule has 0 saturated heterocycles. The average molecular weight is 110 g/mol. The van der Waals surface area contributed by atoms with E-state index in [9.17, 15) is 0 Å². The van der Waals surface area contributed by atoms with Gasteiger partial charge < -0.3 is 5.02 Å². The highest BCUT2D eigenvalue weighted by molar-refractivity contribution is 6.58. The smallest absolute Gasteiger partial charge is 0.319 e. The van der Waals surface area contributed by atoms with Crippen LogP contribution in [0.25, 0.3) is 0 Å². The van der Waals surface area contributed by atoms with E-state index in [2.05, 4.69) is 6.58 Å². The molecule has 1 nitrogen and oxygen atoms in total. The molecule has 0 aromatic heterocycles. The Morgan fingerprint density at radius 1 is 1.75 bits per heavy atom. The molecule has 0 aromatic carbocycles. The molecule has 0 aliphatic rings. The van der Waals surface area contributed by atoms with Crippen molar-refractivity contribution in [3.8, 4) is 0 Å². The van der Waals surface area contributed by atoms with Crippen LogP contribution in [0.1, 0.15) is 6.92 Å². The molecule has 1 N–H and O–H groups in total. The van der Waals surface area contributed by atoms with E-state index < -0.39 is 6.92 Å². The van der Waals surface area contributed by atoms with Crippen molar-refractivity contribution in [1.29, 1.82) is 0 Å². The van der Waals surface area contributed by atoms with Crippen LogP contribution in [-0.2, 0) is 0 Å². The van der Waals surface area contributed by atoms with Gasteiger partial charge in [0.15, 0.2) is 0 Å². The van der Waals surface area contributed by atoms with Crippen LogP contribution in [0.2, 0.25) is 6.82 Å². The molecule has 0 heterocycles. The maximum Gasteiger partial charge on any atom is 0.319 e. The second-order valence-electron chi connectivity index (χ2n) is 1.75. The zero-order valence-electron chi connectivity index (χ0n) is 5.39. The van der Waals surface area contributed by atoms with Gasteiger partial charge in [-0.05, 0) is 6.92 Å². The summed E-state index contributed by atoms with van der Waals surface area (Å²) in [5, 5.41) is 8.80. The van der Waals surface area contributed by atoms with E-state index in [-0.39, 0.29) is 0 Å². The van der Waals surface area contributed by atoms with Gasteiger partial charge in [-0.1, -0.05) is 24.4 Å². The molecule has 0 rings (SSSR count). The molecule has 0 atom stereocenters. The van der Waals surface area contributed by atoms with Gasteiger partial charge in [0.1, 0.15) is 0 Å². The molecule has 0 spiro atoms. The fourth-order valence-electron chi connectivity index (χ4n) is 0.353. The summed E-state index contributed by atoms with van der Waals surface area (Å²) in [6.45, 7) is 6.79. The third-order valence-corrected chi connectivity index (χ3v) is 0.917. The lowest BCUT2D eigenvalue weighted by Crippen LogP contribution is -2.06. The molecule has 44 valence electrons. The summed E-state index contributed by atoms with van der Waals surface area (Å²) < 4.78 is 0. The van der Waals surface area contributed by atoms with Gasteiger partial charge in [0.25, 0.3) is 0 Å². The van der Waals surface area contributed by atoms with Crippen LogP contribution in [-0.4, -0.2) is 11.9 Å². The number of hydrogen-bond donors (Lipinski definition) is 1. The highest BCUT2D eigenvalue weighted by atomic mass is 16.2. The third-order valence-electron chi connectivity index (χ3n) is 0.917. The summed E-state index contributed by atoms with van der Waals surface area (Å²) in [4.78, 5) is 0. The zero-order chi connectivity index (χ0) is 6.57. The first-order valence-corrected chi connectivity index (χ1v) is 2.68. The van der Waals surface area contributed by atoms with Gasteiger partial charge in [-0.3, -0.25) is 0 Å². The lowest BCUT2D eigenvalue weighted by atomic mass is 9.64.